The van der Waals surface area contributed by atoms with Crippen molar-refractivity contribution >= 4 is 26.9 Å². The van der Waals surface area contributed by atoms with E-state index in [9.17, 15) is 0 Å². The van der Waals surface area contributed by atoms with Gasteiger partial charge in [-0.2, -0.15) is 0 Å². The van der Waals surface area contributed by atoms with E-state index in [1.54, 1.807) is 0 Å². The lowest BCUT2D eigenvalue weighted by Crippen LogP contribution is -1.95. The summed E-state index contributed by atoms with van der Waals surface area (Å²) in [5.74, 6) is 0.836. The summed E-state index contributed by atoms with van der Waals surface area (Å²) in [5, 5.41) is 1.11. The van der Waals surface area contributed by atoms with Gasteiger partial charge in [0.2, 0.25) is 0 Å². The minimum Gasteiger partial charge on any atom is -0.459 e. The fraction of sp³-hybridized carbons (Fsp3) is 0.125. The zero-order chi connectivity index (χ0) is 13.4. The van der Waals surface area contributed by atoms with Crippen molar-refractivity contribution in [1.29, 1.82) is 0 Å². The molecule has 0 saturated carbocycles. The molecule has 0 saturated heterocycles. The Balaban J connectivity index is 2.39. The standard InChI is InChI=1S/C16H14BrNO/c1-10-7-12(17)8-13-15(11-5-3-2-4-6-11)14(9-18)19-16(10)13/h2-8H,9,18H2,1H3. The lowest BCUT2D eigenvalue weighted by molar-refractivity contribution is 0.552. The summed E-state index contributed by atoms with van der Waals surface area (Å²) < 4.78 is 7.00. The lowest BCUT2D eigenvalue weighted by Gasteiger charge is -2.02. The Morgan fingerprint density at radius 3 is 2.58 bits per heavy atom. The van der Waals surface area contributed by atoms with Gasteiger partial charge in [-0.05, 0) is 30.2 Å². The van der Waals surface area contributed by atoms with E-state index in [0.717, 1.165) is 37.9 Å². The van der Waals surface area contributed by atoms with E-state index >= 15 is 0 Å². The Labute approximate surface area is 120 Å². The highest BCUT2D eigenvalue weighted by atomic mass is 79.9. The Morgan fingerprint density at radius 2 is 1.89 bits per heavy atom. The van der Waals surface area contributed by atoms with Crippen LogP contribution in [0.3, 0.4) is 0 Å². The maximum atomic E-state index is 5.94. The van der Waals surface area contributed by atoms with Gasteiger partial charge in [-0.25, -0.2) is 0 Å². The summed E-state index contributed by atoms with van der Waals surface area (Å²) in [6.45, 7) is 2.45. The third-order valence-electron chi connectivity index (χ3n) is 3.26. The van der Waals surface area contributed by atoms with Crippen LogP contribution in [0.15, 0.2) is 51.4 Å². The molecule has 19 heavy (non-hydrogen) atoms. The second-order valence-electron chi connectivity index (χ2n) is 4.57. The lowest BCUT2D eigenvalue weighted by atomic mass is 10.0. The first-order valence-corrected chi connectivity index (χ1v) is 6.97. The van der Waals surface area contributed by atoms with Crippen LogP contribution in [0.1, 0.15) is 11.3 Å². The predicted octanol–water partition coefficient (Wildman–Crippen LogP) is 4.63. The molecule has 0 aliphatic heterocycles. The molecule has 3 aromatic rings. The molecule has 0 radical (unpaired) electrons. The number of halogens is 1. The van der Waals surface area contributed by atoms with Crippen LogP contribution < -0.4 is 5.73 Å². The number of rotatable bonds is 2. The van der Waals surface area contributed by atoms with E-state index in [1.807, 2.05) is 25.1 Å². The van der Waals surface area contributed by atoms with E-state index in [1.165, 1.54) is 0 Å². The zero-order valence-corrected chi connectivity index (χ0v) is 12.2. The number of nitrogens with two attached hydrogens (primary N) is 1. The van der Waals surface area contributed by atoms with Crippen molar-refractivity contribution in [2.45, 2.75) is 13.5 Å². The summed E-state index contributed by atoms with van der Waals surface area (Å²) in [7, 11) is 0. The van der Waals surface area contributed by atoms with E-state index in [0.29, 0.717) is 6.54 Å². The van der Waals surface area contributed by atoms with Crippen LogP contribution in [0.25, 0.3) is 22.1 Å². The molecular weight excluding hydrogens is 302 g/mol. The normalized spacial score (nSPS) is 11.1. The van der Waals surface area contributed by atoms with Crippen molar-refractivity contribution in [1.82, 2.24) is 0 Å². The maximum Gasteiger partial charge on any atom is 0.137 e. The van der Waals surface area contributed by atoms with E-state index in [-0.39, 0.29) is 0 Å². The zero-order valence-electron chi connectivity index (χ0n) is 10.6. The number of fused-ring (bicyclic) bond motifs is 1. The first kappa shape index (κ1) is 12.5. The van der Waals surface area contributed by atoms with Crippen LogP contribution in [0.5, 0.6) is 0 Å². The fourth-order valence-electron chi connectivity index (χ4n) is 2.44. The van der Waals surface area contributed by atoms with Gasteiger partial charge in [0, 0.05) is 15.4 Å². The Bertz CT molecular complexity index is 731. The van der Waals surface area contributed by atoms with Crippen molar-refractivity contribution in [2.24, 2.45) is 5.73 Å². The van der Waals surface area contributed by atoms with Crippen LogP contribution in [0.4, 0.5) is 0 Å². The molecule has 3 heteroatoms. The van der Waals surface area contributed by atoms with Gasteiger partial charge in [0.05, 0.1) is 6.54 Å². The highest BCUT2D eigenvalue weighted by Crippen LogP contribution is 2.37. The monoisotopic (exact) mass is 315 g/mol. The second kappa shape index (κ2) is 4.83. The topological polar surface area (TPSA) is 39.2 Å². The third kappa shape index (κ3) is 2.09. The molecule has 0 aliphatic rings. The first-order chi connectivity index (χ1) is 9.20. The quantitative estimate of drug-likeness (QED) is 0.748. The molecule has 1 aromatic heterocycles. The molecule has 2 N–H and O–H groups in total. The fourth-order valence-corrected chi connectivity index (χ4v) is 3.01. The van der Waals surface area contributed by atoms with Gasteiger partial charge in [0.1, 0.15) is 11.3 Å². The molecular formula is C16H14BrNO. The summed E-state index contributed by atoms with van der Waals surface area (Å²) in [6.07, 6.45) is 0. The molecule has 2 aromatic carbocycles. The smallest absolute Gasteiger partial charge is 0.137 e. The minimum atomic E-state index is 0.399. The summed E-state index contributed by atoms with van der Waals surface area (Å²) in [5.41, 5.74) is 10.1. The molecule has 0 bridgehead atoms. The van der Waals surface area contributed by atoms with Crippen molar-refractivity contribution in [2.75, 3.05) is 0 Å². The summed E-state index contributed by atoms with van der Waals surface area (Å²) >= 11 is 3.55. The average molecular weight is 316 g/mol. The van der Waals surface area contributed by atoms with Crippen LogP contribution in [0, 0.1) is 6.92 Å². The van der Waals surface area contributed by atoms with Gasteiger partial charge in [0.15, 0.2) is 0 Å². The van der Waals surface area contributed by atoms with E-state index in [4.69, 9.17) is 10.2 Å². The Kier molecular flexibility index (Phi) is 3.17. The minimum absolute atomic E-state index is 0.399. The first-order valence-electron chi connectivity index (χ1n) is 6.17. The molecule has 0 aliphatic carbocycles. The molecule has 1 heterocycles. The van der Waals surface area contributed by atoms with Crippen LogP contribution >= 0.6 is 15.9 Å². The molecule has 0 atom stereocenters. The predicted molar refractivity (Wildman–Crippen MR) is 82.0 cm³/mol. The van der Waals surface area contributed by atoms with Gasteiger partial charge in [-0.3, -0.25) is 0 Å². The van der Waals surface area contributed by atoms with E-state index in [2.05, 4.69) is 40.2 Å². The summed E-state index contributed by atoms with van der Waals surface area (Å²) in [4.78, 5) is 0. The highest BCUT2D eigenvalue weighted by Gasteiger charge is 2.16. The highest BCUT2D eigenvalue weighted by molar-refractivity contribution is 9.10. The number of hydrogen-bond acceptors (Lipinski definition) is 2. The molecule has 3 rings (SSSR count). The summed E-state index contributed by atoms with van der Waals surface area (Å²) in [6, 6.07) is 14.4. The van der Waals surface area contributed by atoms with Crippen LogP contribution in [-0.2, 0) is 6.54 Å². The molecule has 0 spiro atoms. The van der Waals surface area contributed by atoms with Gasteiger partial charge >= 0.3 is 0 Å². The van der Waals surface area contributed by atoms with Gasteiger partial charge < -0.3 is 10.2 Å². The molecule has 0 unspecified atom stereocenters. The molecule has 0 amide bonds. The Morgan fingerprint density at radius 1 is 1.16 bits per heavy atom. The van der Waals surface area contributed by atoms with Crippen molar-refractivity contribution < 1.29 is 4.42 Å². The van der Waals surface area contributed by atoms with Crippen LogP contribution in [0.2, 0.25) is 0 Å². The van der Waals surface area contributed by atoms with Crippen LogP contribution in [-0.4, -0.2) is 0 Å². The third-order valence-corrected chi connectivity index (χ3v) is 3.72. The molecule has 2 nitrogen and oxygen atoms in total. The molecule has 0 fully saturated rings. The largest absolute Gasteiger partial charge is 0.459 e. The van der Waals surface area contributed by atoms with Gasteiger partial charge in [-0.15, -0.1) is 0 Å². The molecule has 96 valence electrons. The number of aryl methyl sites for hydroxylation is 1. The SMILES string of the molecule is Cc1cc(Br)cc2c(-c3ccccc3)c(CN)oc12. The van der Waals surface area contributed by atoms with E-state index < -0.39 is 0 Å². The average Bonchev–Trinajstić information content (AvgIpc) is 2.78. The van der Waals surface area contributed by atoms with Crippen molar-refractivity contribution in [3.8, 4) is 11.1 Å². The number of hydrogen-bond donors (Lipinski definition) is 1. The van der Waals surface area contributed by atoms with Crippen molar-refractivity contribution in [3.05, 3.63) is 58.3 Å². The Hall–Kier alpha value is -1.58. The number of benzene rings is 2. The number of furan rings is 1. The van der Waals surface area contributed by atoms with Gasteiger partial charge in [0.25, 0.3) is 0 Å². The second-order valence-corrected chi connectivity index (χ2v) is 5.49. The van der Waals surface area contributed by atoms with Gasteiger partial charge in [-0.1, -0.05) is 46.3 Å². The maximum absolute atomic E-state index is 5.94. The van der Waals surface area contributed by atoms with Crippen molar-refractivity contribution in [3.63, 3.8) is 0 Å².